The summed E-state index contributed by atoms with van der Waals surface area (Å²) in [6, 6.07) is 0. The maximum Gasteiger partial charge on any atom is 0.256 e. The number of allylic oxidation sites excluding steroid dienone is 1. The number of carbonyl (C=O) groups is 1. The van der Waals surface area contributed by atoms with Crippen LogP contribution >= 0.6 is 11.8 Å². The third-order valence-corrected chi connectivity index (χ3v) is 2.65. The fraction of sp³-hybridized carbons (Fsp3) is 0.333. The molecule has 3 nitrogen and oxygen atoms in total. The normalized spacial score (nSPS) is 10.8. The minimum absolute atomic E-state index is 0.263. The van der Waals surface area contributed by atoms with E-state index in [-0.39, 0.29) is 5.91 Å². The van der Waals surface area contributed by atoms with Gasteiger partial charge in [-0.25, -0.2) is 0 Å². The second kappa shape index (κ2) is 7.06. The van der Waals surface area contributed by atoms with Crippen molar-refractivity contribution in [1.82, 2.24) is 5.32 Å². The second-order valence-corrected chi connectivity index (χ2v) is 4.51. The van der Waals surface area contributed by atoms with Gasteiger partial charge in [0.15, 0.2) is 5.17 Å². The second-order valence-electron chi connectivity index (χ2n) is 3.22. The first-order valence-corrected chi connectivity index (χ1v) is 5.72. The van der Waals surface area contributed by atoms with Crippen molar-refractivity contribution in [2.24, 2.45) is 4.99 Å². The summed E-state index contributed by atoms with van der Waals surface area (Å²) in [5.74, 6) is -0.263. The van der Waals surface area contributed by atoms with Crippen LogP contribution in [0.5, 0.6) is 0 Å². The van der Waals surface area contributed by atoms with E-state index in [9.17, 15) is 4.79 Å². The van der Waals surface area contributed by atoms with Crippen LogP contribution in [0.2, 0.25) is 0 Å². The van der Waals surface area contributed by atoms with Crippen molar-refractivity contribution in [3.63, 3.8) is 0 Å². The van der Waals surface area contributed by atoms with Crippen LogP contribution in [-0.2, 0) is 4.79 Å². The molecule has 0 atom stereocenters. The Morgan fingerprint density at radius 3 is 2.31 bits per heavy atom. The number of hydrogen-bond donors (Lipinski definition) is 1. The average molecular weight is 238 g/mol. The molecule has 0 spiro atoms. The summed E-state index contributed by atoms with van der Waals surface area (Å²) in [4.78, 5) is 16.5. The molecule has 0 saturated carbocycles. The molecule has 0 aromatic rings. The topological polar surface area (TPSA) is 41.5 Å². The monoisotopic (exact) mass is 238 g/mol. The van der Waals surface area contributed by atoms with Crippen LogP contribution in [0.3, 0.4) is 0 Å². The molecule has 0 saturated heterocycles. The number of nitrogens with one attached hydrogen (secondary N) is 1. The Morgan fingerprint density at radius 1 is 1.38 bits per heavy atom. The quantitative estimate of drug-likeness (QED) is 0.354. The number of carbonyl (C=O) groups excluding carboxylic acids is 1. The van der Waals surface area contributed by atoms with Crippen molar-refractivity contribution in [2.45, 2.75) is 20.3 Å². The summed E-state index contributed by atoms with van der Waals surface area (Å²) < 4.78 is 0. The minimum Gasteiger partial charge on any atom is -0.301 e. The van der Waals surface area contributed by atoms with E-state index < -0.39 is 0 Å². The van der Waals surface area contributed by atoms with Gasteiger partial charge in [0.05, 0.1) is 0 Å². The van der Waals surface area contributed by atoms with Crippen molar-refractivity contribution in [1.29, 1.82) is 0 Å². The summed E-state index contributed by atoms with van der Waals surface area (Å²) in [5.41, 5.74) is 1.12. The van der Waals surface area contributed by atoms with Gasteiger partial charge in [0, 0.05) is 12.6 Å². The molecule has 1 amide bonds. The molecule has 0 aliphatic heterocycles. The standard InChI is InChI=1S/C12H18N2OS/c1-7-9(4)10(5)11(15)14-12(13-6)16-8(2)3/h2,4-5,7H2,1,3,6H3,(H,13,14,15). The first-order chi connectivity index (χ1) is 7.42. The van der Waals surface area contributed by atoms with E-state index in [0.29, 0.717) is 17.2 Å². The summed E-state index contributed by atoms with van der Waals surface area (Å²) in [7, 11) is 1.61. The first kappa shape index (κ1) is 14.7. The van der Waals surface area contributed by atoms with Crippen LogP contribution in [-0.4, -0.2) is 18.1 Å². The predicted octanol–water partition coefficient (Wildman–Crippen LogP) is 2.88. The van der Waals surface area contributed by atoms with Gasteiger partial charge in [-0.3, -0.25) is 9.79 Å². The Hall–Kier alpha value is -1.29. The molecule has 0 heterocycles. The van der Waals surface area contributed by atoms with Crippen LogP contribution < -0.4 is 5.32 Å². The van der Waals surface area contributed by atoms with Crippen LogP contribution in [0, 0.1) is 0 Å². The maximum atomic E-state index is 11.7. The first-order valence-electron chi connectivity index (χ1n) is 4.90. The summed E-state index contributed by atoms with van der Waals surface area (Å²) in [6.45, 7) is 15.0. The zero-order chi connectivity index (χ0) is 12.7. The van der Waals surface area contributed by atoms with Crippen LogP contribution in [0.25, 0.3) is 0 Å². The number of thioether (sulfide) groups is 1. The lowest BCUT2D eigenvalue weighted by Gasteiger charge is -2.09. The summed E-state index contributed by atoms with van der Waals surface area (Å²) >= 11 is 1.32. The van der Waals surface area contributed by atoms with Crippen molar-refractivity contribution in [3.8, 4) is 0 Å². The smallest absolute Gasteiger partial charge is 0.256 e. The number of nitrogens with zero attached hydrogens (tertiary/aromatic N) is 1. The highest BCUT2D eigenvalue weighted by atomic mass is 32.2. The Labute approximate surface area is 101 Å². The molecule has 0 aliphatic carbocycles. The van der Waals surface area contributed by atoms with E-state index in [4.69, 9.17) is 0 Å². The lowest BCUT2D eigenvalue weighted by Crippen LogP contribution is -2.29. The van der Waals surface area contributed by atoms with Gasteiger partial charge < -0.3 is 5.32 Å². The molecular weight excluding hydrogens is 220 g/mol. The number of amidine groups is 1. The molecule has 88 valence electrons. The number of rotatable bonds is 4. The van der Waals surface area contributed by atoms with Gasteiger partial charge in [0.2, 0.25) is 0 Å². The van der Waals surface area contributed by atoms with Crippen molar-refractivity contribution in [2.75, 3.05) is 7.05 Å². The van der Waals surface area contributed by atoms with Gasteiger partial charge >= 0.3 is 0 Å². The van der Waals surface area contributed by atoms with E-state index in [1.54, 1.807) is 7.05 Å². The highest BCUT2D eigenvalue weighted by Crippen LogP contribution is 2.14. The predicted molar refractivity (Wildman–Crippen MR) is 72.5 cm³/mol. The Balaban J connectivity index is 4.49. The molecule has 0 rings (SSSR count). The highest BCUT2D eigenvalue weighted by Gasteiger charge is 2.11. The Kier molecular flexibility index (Phi) is 6.49. The summed E-state index contributed by atoms with van der Waals surface area (Å²) in [6.07, 6.45) is 0.707. The van der Waals surface area contributed by atoms with E-state index in [2.05, 4.69) is 30.0 Å². The fourth-order valence-corrected chi connectivity index (χ4v) is 1.40. The zero-order valence-electron chi connectivity index (χ0n) is 10.1. The molecule has 16 heavy (non-hydrogen) atoms. The molecule has 0 aromatic carbocycles. The average Bonchev–Trinajstić information content (AvgIpc) is 2.25. The lowest BCUT2D eigenvalue weighted by atomic mass is 10.1. The largest absolute Gasteiger partial charge is 0.301 e. The molecule has 0 unspecified atom stereocenters. The Morgan fingerprint density at radius 2 is 1.94 bits per heavy atom. The van der Waals surface area contributed by atoms with Gasteiger partial charge in [0.25, 0.3) is 5.91 Å². The molecule has 0 bridgehead atoms. The number of aliphatic imine (C=N–C) groups is 1. The summed E-state index contributed by atoms with van der Waals surface area (Å²) in [5, 5.41) is 3.18. The van der Waals surface area contributed by atoms with Crippen LogP contribution in [0.4, 0.5) is 0 Å². The van der Waals surface area contributed by atoms with Gasteiger partial charge in [-0.15, -0.1) is 0 Å². The van der Waals surface area contributed by atoms with E-state index in [0.717, 1.165) is 10.5 Å². The molecular formula is C12H18N2OS. The Bertz CT molecular complexity index is 356. The molecule has 1 N–H and O–H groups in total. The van der Waals surface area contributed by atoms with Crippen LogP contribution in [0.1, 0.15) is 20.3 Å². The number of hydrogen-bond acceptors (Lipinski definition) is 3. The van der Waals surface area contributed by atoms with E-state index in [1.165, 1.54) is 11.8 Å². The van der Waals surface area contributed by atoms with Gasteiger partial charge in [-0.05, 0) is 23.8 Å². The molecule has 4 heteroatoms. The van der Waals surface area contributed by atoms with Gasteiger partial charge in [-0.2, -0.15) is 0 Å². The van der Waals surface area contributed by atoms with Gasteiger partial charge in [0.1, 0.15) is 0 Å². The molecule has 0 aliphatic rings. The fourth-order valence-electron chi connectivity index (χ4n) is 0.839. The SMILES string of the molecule is C=C(C)S/C(=N\C)NC(=O)C(=C)C(=C)CC. The third kappa shape index (κ3) is 4.98. The zero-order valence-corrected chi connectivity index (χ0v) is 10.9. The van der Waals surface area contributed by atoms with Crippen LogP contribution in [0.15, 0.2) is 40.8 Å². The number of amides is 1. The molecule has 0 radical (unpaired) electrons. The molecule has 0 fully saturated rings. The van der Waals surface area contributed by atoms with Crippen molar-refractivity contribution < 1.29 is 4.79 Å². The van der Waals surface area contributed by atoms with Gasteiger partial charge in [-0.1, -0.05) is 38.4 Å². The lowest BCUT2D eigenvalue weighted by molar-refractivity contribution is -0.115. The highest BCUT2D eigenvalue weighted by molar-refractivity contribution is 8.17. The van der Waals surface area contributed by atoms with E-state index >= 15 is 0 Å². The minimum atomic E-state index is -0.263. The van der Waals surface area contributed by atoms with Crippen molar-refractivity contribution >= 4 is 22.8 Å². The third-order valence-electron chi connectivity index (χ3n) is 1.82. The molecule has 0 aromatic heterocycles. The van der Waals surface area contributed by atoms with E-state index in [1.807, 2.05) is 13.8 Å². The maximum absolute atomic E-state index is 11.7. The van der Waals surface area contributed by atoms with Crippen molar-refractivity contribution in [3.05, 3.63) is 35.8 Å².